The van der Waals surface area contributed by atoms with E-state index in [0.717, 1.165) is 0 Å². The first-order valence-electron chi connectivity index (χ1n) is 8.01. The zero-order valence-corrected chi connectivity index (χ0v) is 13.7. The van der Waals surface area contributed by atoms with Gasteiger partial charge in [-0.05, 0) is 34.8 Å². The topological polar surface area (TPSA) is 53.4 Å². The molecule has 2 atom stereocenters. The van der Waals surface area contributed by atoms with Crippen molar-refractivity contribution >= 4 is 0 Å². The average molecular weight is 455 g/mol. The van der Waals surface area contributed by atoms with Gasteiger partial charge in [-0.1, -0.05) is 12.1 Å². The molecule has 2 rings (SSSR count). The summed E-state index contributed by atoms with van der Waals surface area (Å²) in [6.45, 7) is 3.32. The summed E-state index contributed by atoms with van der Waals surface area (Å²) >= 11 is 0. The Morgan fingerprint density at radius 2 is 1.95 bits per heavy atom. The summed E-state index contributed by atoms with van der Waals surface area (Å²) < 4.78 is 30.1. The van der Waals surface area contributed by atoms with Crippen LogP contribution in [0.1, 0.15) is 25.8 Å². The largest absolute Gasteiger partial charge is 0.393 e. The minimum Gasteiger partial charge on any atom is -0.393 e. The molecule has 2 aromatic rings. The van der Waals surface area contributed by atoms with Crippen molar-refractivity contribution in [2.45, 2.75) is 32.5 Å². The molecule has 0 saturated heterocycles. The molecule has 0 amide bonds. The third kappa shape index (κ3) is 8.18. The zero-order chi connectivity index (χ0) is 17.6. The quantitative estimate of drug-likeness (QED) is 0.702. The molecule has 1 aromatic carbocycles. The molecule has 0 aliphatic heterocycles. The minimum atomic E-state index is -0.375. The van der Waals surface area contributed by atoms with E-state index in [9.17, 15) is 0 Å². The van der Waals surface area contributed by atoms with Crippen LogP contribution < -0.4 is 0 Å². The Morgan fingerprint density at radius 1 is 1.25 bits per heavy atom. The fourth-order valence-electron chi connectivity index (χ4n) is 1.38. The van der Waals surface area contributed by atoms with Crippen molar-refractivity contribution in [3.05, 3.63) is 54.6 Å². The van der Waals surface area contributed by atoms with Crippen LogP contribution in [0.4, 0.5) is 0 Å². The minimum absolute atomic E-state index is 0. The number of aromatic nitrogens is 1. The van der Waals surface area contributed by atoms with Gasteiger partial charge in [-0.3, -0.25) is 0 Å². The molecule has 0 saturated carbocycles. The summed E-state index contributed by atoms with van der Waals surface area (Å²) in [6, 6.07) is 6.98. The summed E-state index contributed by atoms with van der Waals surface area (Å²) in [4.78, 5) is 4.04. The molecule has 20 heavy (non-hydrogen) atoms. The van der Waals surface area contributed by atoms with Crippen LogP contribution in [0.25, 0.3) is 11.3 Å². The molecule has 1 heterocycles. The van der Waals surface area contributed by atoms with Crippen LogP contribution in [0.3, 0.4) is 0 Å². The van der Waals surface area contributed by atoms with Crippen LogP contribution in [-0.4, -0.2) is 27.4 Å². The summed E-state index contributed by atoms with van der Waals surface area (Å²) in [5, 5.41) is 17.1. The number of hydrogen-bond donors (Lipinski definition) is 2. The van der Waals surface area contributed by atoms with Crippen molar-refractivity contribution in [3.8, 4) is 11.3 Å². The predicted molar refractivity (Wildman–Crippen MR) is 76.5 cm³/mol. The number of hydrogen-bond acceptors (Lipinski definition) is 3. The molecule has 4 heteroatoms. The van der Waals surface area contributed by atoms with Gasteiger partial charge in [-0.15, -0.1) is 35.8 Å². The Kier molecular flexibility index (Phi) is 6.77. The molecule has 2 N–H and O–H groups in total. The van der Waals surface area contributed by atoms with E-state index in [-0.39, 0.29) is 56.5 Å². The number of nitrogens with zero attached hydrogens (tertiary/aromatic N) is 1. The van der Waals surface area contributed by atoms with Gasteiger partial charge in [0.1, 0.15) is 0 Å². The van der Waals surface area contributed by atoms with E-state index in [4.69, 9.17) is 15.7 Å². The third-order valence-corrected chi connectivity index (χ3v) is 2.10. The van der Waals surface area contributed by atoms with Crippen molar-refractivity contribution in [1.29, 1.82) is 0 Å². The second kappa shape index (κ2) is 10.7. The molecule has 0 bridgehead atoms. The van der Waals surface area contributed by atoms with Crippen LogP contribution in [-0.2, 0) is 20.1 Å². The number of pyridine rings is 1. The molecule has 2 unspecified atom stereocenters. The van der Waals surface area contributed by atoms with Crippen LogP contribution in [0.15, 0.2) is 48.6 Å². The molecular formula is C16H20IrNO2-. The van der Waals surface area contributed by atoms with Crippen LogP contribution in [0.2, 0.25) is 0 Å². The Hall–Kier alpha value is -1.06. The van der Waals surface area contributed by atoms with E-state index in [1.807, 2.05) is 0 Å². The molecule has 0 aliphatic carbocycles. The number of benzene rings is 1. The van der Waals surface area contributed by atoms with Gasteiger partial charge in [0.2, 0.25) is 0 Å². The summed E-state index contributed by atoms with van der Waals surface area (Å²) in [5.74, 6) is 0. The van der Waals surface area contributed by atoms with Gasteiger partial charge >= 0.3 is 0 Å². The van der Waals surface area contributed by atoms with Gasteiger partial charge in [0.25, 0.3) is 0 Å². The molecule has 0 fully saturated rings. The molecular weight excluding hydrogens is 430 g/mol. The smallest absolute Gasteiger partial charge is 0.0536 e. The molecule has 0 spiro atoms. The van der Waals surface area contributed by atoms with Gasteiger partial charge in [-0.25, -0.2) is 0 Å². The summed E-state index contributed by atoms with van der Waals surface area (Å²) in [7, 11) is 0. The molecule has 1 aromatic heterocycles. The monoisotopic (exact) mass is 455 g/mol. The van der Waals surface area contributed by atoms with Crippen LogP contribution in [0.5, 0.6) is 0 Å². The van der Waals surface area contributed by atoms with Crippen molar-refractivity contribution in [2.24, 2.45) is 0 Å². The fourth-order valence-corrected chi connectivity index (χ4v) is 1.38. The van der Waals surface area contributed by atoms with Gasteiger partial charge in [0.05, 0.1) is 12.2 Å². The number of aliphatic hydroxyl groups is 2. The first kappa shape index (κ1) is 12.7. The standard InChI is InChI=1S/C11H8N.C5H12O2.Ir/c1-2-6-10(7-3-1)11-8-4-5-9-12-11;1-4(6)3-5(2)7;/h1-6,8-9H;4-7H,3H2,1-2H3;/q-1;;/i1D,2D,3D,6D;;. The van der Waals surface area contributed by atoms with E-state index in [1.165, 1.54) is 0 Å². The van der Waals surface area contributed by atoms with E-state index in [0.29, 0.717) is 17.7 Å². The first-order chi connectivity index (χ1) is 10.7. The van der Waals surface area contributed by atoms with Crippen LogP contribution in [0, 0.1) is 6.07 Å². The maximum absolute atomic E-state index is 8.56. The SMILES string of the molecule is CC(O)CC(C)O.[2H]c1[c-]c(-c2ccccn2)c([2H])c([2H])c1[2H].[Ir]. The maximum Gasteiger partial charge on any atom is 0.0536 e. The van der Waals surface area contributed by atoms with Crippen molar-refractivity contribution in [3.63, 3.8) is 0 Å². The number of aliphatic hydroxyl groups excluding tert-OH is 2. The van der Waals surface area contributed by atoms with Gasteiger partial charge in [-0.2, -0.15) is 0 Å². The third-order valence-electron chi connectivity index (χ3n) is 2.10. The van der Waals surface area contributed by atoms with Crippen molar-refractivity contribution in [1.82, 2.24) is 4.98 Å². The average Bonchev–Trinajstić information content (AvgIpc) is 2.49. The Balaban J connectivity index is 0.000000570. The Morgan fingerprint density at radius 3 is 2.45 bits per heavy atom. The van der Waals surface area contributed by atoms with Crippen molar-refractivity contribution < 1.29 is 35.8 Å². The van der Waals surface area contributed by atoms with E-state index >= 15 is 0 Å². The van der Waals surface area contributed by atoms with E-state index in [2.05, 4.69) is 11.1 Å². The number of rotatable bonds is 3. The predicted octanol–water partition coefficient (Wildman–Crippen LogP) is 2.68. The summed E-state index contributed by atoms with van der Waals surface area (Å²) in [5.41, 5.74) is 0.793. The van der Waals surface area contributed by atoms with E-state index in [1.54, 1.807) is 38.2 Å². The Bertz CT molecular complexity index is 634. The molecule has 1 radical (unpaired) electrons. The normalized spacial score (nSPS) is 15.2. The maximum atomic E-state index is 8.56. The second-order valence-electron chi connectivity index (χ2n) is 4.15. The van der Waals surface area contributed by atoms with Gasteiger partial charge in [0.15, 0.2) is 0 Å². The molecule has 111 valence electrons. The fraction of sp³-hybridized carbons (Fsp3) is 0.312. The van der Waals surface area contributed by atoms with Crippen LogP contribution >= 0.6 is 0 Å². The van der Waals surface area contributed by atoms with Gasteiger partial charge in [0, 0.05) is 29.0 Å². The first-order valence-corrected chi connectivity index (χ1v) is 6.01. The summed E-state index contributed by atoms with van der Waals surface area (Å²) in [6.07, 6.45) is 1.30. The molecule has 0 aliphatic rings. The van der Waals surface area contributed by atoms with Crippen molar-refractivity contribution in [2.75, 3.05) is 0 Å². The second-order valence-corrected chi connectivity index (χ2v) is 4.15. The van der Waals surface area contributed by atoms with Gasteiger partial charge < -0.3 is 15.2 Å². The zero-order valence-electron chi connectivity index (χ0n) is 15.3. The van der Waals surface area contributed by atoms with E-state index < -0.39 is 0 Å². The Labute approximate surface area is 139 Å². The molecule has 3 nitrogen and oxygen atoms in total.